The molecule has 6 nitrogen and oxygen atoms in total. The third kappa shape index (κ3) is 5.42. The van der Waals surface area contributed by atoms with Crippen LogP contribution in [0.15, 0.2) is 59.5 Å². The lowest BCUT2D eigenvalue weighted by Gasteiger charge is -2.35. The van der Waals surface area contributed by atoms with E-state index < -0.39 is 21.8 Å². The molecule has 0 saturated carbocycles. The standard InChI is InChI=1S/C22H26F3N3O3S/c1-16(2)20(17-6-4-3-5-7-17)26-21(29)27-12-14-28(15-13-27)32(30,31)19-10-8-18(9-11-19)22(23,24)25/h3-11,16,20H,12-15H2,1-2H3,(H,26,29)/t20-/m1/s1. The molecule has 10 heteroatoms. The Morgan fingerprint density at radius 1 is 0.938 bits per heavy atom. The van der Waals surface area contributed by atoms with E-state index >= 15 is 0 Å². The van der Waals surface area contributed by atoms with Crippen molar-refractivity contribution in [1.82, 2.24) is 14.5 Å². The average Bonchev–Trinajstić information content (AvgIpc) is 2.77. The molecule has 2 aromatic rings. The van der Waals surface area contributed by atoms with E-state index in [1.54, 1.807) is 4.90 Å². The molecule has 1 atom stereocenters. The van der Waals surface area contributed by atoms with E-state index in [1.807, 2.05) is 44.2 Å². The number of benzene rings is 2. The summed E-state index contributed by atoms with van der Waals surface area (Å²) < 4.78 is 65.0. The highest BCUT2D eigenvalue weighted by molar-refractivity contribution is 7.89. The number of hydrogen-bond acceptors (Lipinski definition) is 3. The SMILES string of the molecule is CC(C)[C@@H](NC(=O)N1CCN(S(=O)(=O)c2ccc(C(F)(F)F)cc2)CC1)c1ccccc1. The smallest absolute Gasteiger partial charge is 0.331 e. The Balaban J connectivity index is 1.63. The van der Waals surface area contributed by atoms with Crippen molar-refractivity contribution in [1.29, 1.82) is 0 Å². The molecule has 1 heterocycles. The number of alkyl halides is 3. The quantitative estimate of drug-likeness (QED) is 0.716. The average molecular weight is 470 g/mol. The predicted octanol–water partition coefficient (Wildman–Crippen LogP) is 4.12. The highest BCUT2D eigenvalue weighted by atomic mass is 32.2. The maximum atomic E-state index is 12.8. The van der Waals surface area contributed by atoms with Crippen molar-refractivity contribution in [3.8, 4) is 0 Å². The van der Waals surface area contributed by atoms with Gasteiger partial charge in [-0.2, -0.15) is 17.5 Å². The molecule has 1 N–H and O–H groups in total. The minimum absolute atomic E-state index is 0.0639. The molecule has 32 heavy (non-hydrogen) atoms. The number of amides is 2. The van der Waals surface area contributed by atoms with Crippen LogP contribution in [0.4, 0.5) is 18.0 Å². The lowest BCUT2D eigenvalue weighted by molar-refractivity contribution is -0.137. The number of sulfonamides is 1. The summed E-state index contributed by atoms with van der Waals surface area (Å²) in [5.41, 5.74) is 0.0791. The molecule has 0 unspecified atom stereocenters. The Morgan fingerprint density at radius 2 is 1.50 bits per heavy atom. The molecule has 3 rings (SSSR count). The van der Waals surface area contributed by atoms with Crippen molar-refractivity contribution in [3.05, 3.63) is 65.7 Å². The van der Waals surface area contributed by atoms with Crippen molar-refractivity contribution in [2.24, 2.45) is 5.92 Å². The second-order valence-electron chi connectivity index (χ2n) is 8.00. The minimum atomic E-state index is -4.53. The maximum absolute atomic E-state index is 12.8. The summed E-state index contributed by atoms with van der Waals surface area (Å²) in [6, 6.07) is 12.6. The van der Waals surface area contributed by atoms with Crippen LogP contribution in [0.5, 0.6) is 0 Å². The first-order chi connectivity index (χ1) is 15.0. The van der Waals surface area contributed by atoms with Crippen molar-refractivity contribution in [2.75, 3.05) is 26.2 Å². The van der Waals surface area contributed by atoms with Crippen molar-refractivity contribution in [3.63, 3.8) is 0 Å². The van der Waals surface area contributed by atoms with Gasteiger partial charge in [-0.25, -0.2) is 13.2 Å². The Kier molecular flexibility index (Phi) is 7.14. The molecule has 0 aliphatic carbocycles. The fourth-order valence-electron chi connectivity index (χ4n) is 3.62. The van der Waals surface area contributed by atoms with Gasteiger partial charge in [0.25, 0.3) is 0 Å². The number of urea groups is 1. The van der Waals surface area contributed by atoms with E-state index in [0.717, 1.165) is 29.8 Å². The third-order valence-electron chi connectivity index (χ3n) is 5.45. The van der Waals surface area contributed by atoms with E-state index in [1.165, 1.54) is 4.31 Å². The van der Waals surface area contributed by atoms with Gasteiger partial charge in [-0.05, 0) is 35.7 Å². The summed E-state index contributed by atoms with van der Waals surface area (Å²) in [5, 5.41) is 3.02. The van der Waals surface area contributed by atoms with E-state index in [-0.39, 0.29) is 49.1 Å². The summed E-state index contributed by atoms with van der Waals surface area (Å²) in [6.07, 6.45) is -4.53. The molecule has 0 bridgehead atoms. The van der Waals surface area contributed by atoms with Crippen molar-refractivity contribution in [2.45, 2.75) is 31.0 Å². The first-order valence-corrected chi connectivity index (χ1v) is 11.7. The zero-order chi connectivity index (χ0) is 23.5. The van der Waals surface area contributed by atoms with Gasteiger partial charge in [0.2, 0.25) is 10.0 Å². The van der Waals surface area contributed by atoms with E-state index in [2.05, 4.69) is 5.32 Å². The molecule has 1 fully saturated rings. The zero-order valence-electron chi connectivity index (χ0n) is 17.8. The molecule has 0 spiro atoms. The fraction of sp³-hybridized carbons (Fsp3) is 0.409. The van der Waals surface area contributed by atoms with Gasteiger partial charge in [-0.1, -0.05) is 44.2 Å². The number of carbonyl (C=O) groups is 1. The summed E-state index contributed by atoms with van der Waals surface area (Å²) in [6.45, 7) is 4.51. The third-order valence-corrected chi connectivity index (χ3v) is 7.36. The second kappa shape index (κ2) is 9.50. The van der Waals surface area contributed by atoms with Gasteiger partial charge in [0.1, 0.15) is 0 Å². The molecule has 1 aliphatic rings. The van der Waals surface area contributed by atoms with Gasteiger partial charge in [0.15, 0.2) is 0 Å². The largest absolute Gasteiger partial charge is 0.416 e. The highest BCUT2D eigenvalue weighted by Crippen LogP contribution is 2.30. The van der Waals surface area contributed by atoms with E-state index in [0.29, 0.717) is 0 Å². The Labute approximate surface area is 186 Å². The summed E-state index contributed by atoms with van der Waals surface area (Å²) in [5.74, 6) is 0.155. The maximum Gasteiger partial charge on any atom is 0.416 e. The number of piperazine rings is 1. The Hall–Kier alpha value is -2.59. The van der Waals surface area contributed by atoms with Crippen molar-refractivity contribution >= 4 is 16.1 Å². The van der Waals surface area contributed by atoms with Crippen LogP contribution >= 0.6 is 0 Å². The monoisotopic (exact) mass is 469 g/mol. The topological polar surface area (TPSA) is 69.7 Å². The van der Waals surface area contributed by atoms with Crippen LogP contribution in [0.2, 0.25) is 0 Å². The van der Waals surface area contributed by atoms with Crippen LogP contribution in [0.1, 0.15) is 31.0 Å². The van der Waals surface area contributed by atoms with Crippen LogP contribution in [0, 0.1) is 5.92 Å². The minimum Gasteiger partial charge on any atom is -0.331 e. The molecule has 0 radical (unpaired) electrons. The van der Waals surface area contributed by atoms with E-state index in [9.17, 15) is 26.4 Å². The first-order valence-electron chi connectivity index (χ1n) is 10.3. The normalized spacial score (nSPS) is 16.8. The van der Waals surface area contributed by atoms with Crippen LogP contribution in [-0.4, -0.2) is 49.8 Å². The van der Waals surface area contributed by atoms with Crippen LogP contribution in [0.3, 0.4) is 0 Å². The molecule has 174 valence electrons. The molecule has 0 aromatic heterocycles. The molecular formula is C22H26F3N3O3S. The van der Waals surface area contributed by atoms with Gasteiger partial charge in [0.05, 0.1) is 16.5 Å². The molecule has 1 saturated heterocycles. The number of hydrogen-bond donors (Lipinski definition) is 1. The number of nitrogens with one attached hydrogen (secondary N) is 1. The van der Waals surface area contributed by atoms with Crippen LogP contribution in [-0.2, 0) is 16.2 Å². The number of carbonyl (C=O) groups excluding carboxylic acids is 1. The Morgan fingerprint density at radius 3 is 2.00 bits per heavy atom. The summed E-state index contributed by atoms with van der Waals surface area (Å²) in [4.78, 5) is 14.1. The summed E-state index contributed by atoms with van der Waals surface area (Å²) >= 11 is 0. The van der Waals surface area contributed by atoms with Crippen molar-refractivity contribution < 1.29 is 26.4 Å². The van der Waals surface area contributed by atoms with Crippen LogP contribution in [0.25, 0.3) is 0 Å². The summed E-state index contributed by atoms with van der Waals surface area (Å²) in [7, 11) is -3.95. The van der Waals surface area contributed by atoms with Crippen LogP contribution < -0.4 is 5.32 Å². The number of rotatable bonds is 5. The van der Waals surface area contributed by atoms with Gasteiger partial charge >= 0.3 is 12.2 Å². The van der Waals surface area contributed by atoms with Gasteiger partial charge in [-0.15, -0.1) is 0 Å². The zero-order valence-corrected chi connectivity index (χ0v) is 18.7. The fourth-order valence-corrected chi connectivity index (χ4v) is 5.04. The Bertz CT molecular complexity index is 1020. The second-order valence-corrected chi connectivity index (χ2v) is 9.93. The van der Waals surface area contributed by atoms with E-state index in [4.69, 9.17) is 0 Å². The van der Waals surface area contributed by atoms with Gasteiger partial charge in [-0.3, -0.25) is 0 Å². The molecular weight excluding hydrogens is 443 g/mol. The predicted molar refractivity (Wildman–Crippen MR) is 114 cm³/mol. The lowest BCUT2D eigenvalue weighted by atomic mass is 9.96. The lowest BCUT2D eigenvalue weighted by Crippen LogP contribution is -2.53. The van der Waals surface area contributed by atoms with Gasteiger partial charge in [0, 0.05) is 26.2 Å². The highest BCUT2D eigenvalue weighted by Gasteiger charge is 2.33. The first kappa shape index (κ1) is 24.1. The molecule has 1 aliphatic heterocycles. The molecule has 2 aromatic carbocycles. The van der Waals surface area contributed by atoms with Gasteiger partial charge < -0.3 is 10.2 Å². The molecule has 2 amide bonds. The number of halogens is 3. The number of nitrogens with zero attached hydrogens (tertiary/aromatic N) is 2.